The average molecular weight is 264 g/mol. The zero-order chi connectivity index (χ0) is 12.8. The van der Waals surface area contributed by atoms with Crippen LogP contribution in [0.5, 0.6) is 0 Å². The molecule has 0 radical (unpaired) electrons. The maximum absolute atomic E-state index is 5.95. The highest BCUT2D eigenvalue weighted by Crippen LogP contribution is 2.10. The van der Waals surface area contributed by atoms with E-state index < -0.39 is 0 Å². The summed E-state index contributed by atoms with van der Waals surface area (Å²) in [4.78, 5) is 0. The van der Waals surface area contributed by atoms with Gasteiger partial charge in [0.15, 0.2) is 0 Å². The maximum atomic E-state index is 5.95. The SMILES string of the molecule is CCCn1nccc1CNCc1cccc(Cl)c1. The molecule has 0 aliphatic rings. The summed E-state index contributed by atoms with van der Waals surface area (Å²) in [5.41, 5.74) is 2.42. The van der Waals surface area contributed by atoms with Gasteiger partial charge in [-0.1, -0.05) is 30.7 Å². The van der Waals surface area contributed by atoms with E-state index >= 15 is 0 Å². The molecular formula is C14H18ClN3. The molecule has 96 valence electrons. The van der Waals surface area contributed by atoms with Crippen molar-refractivity contribution in [3.63, 3.8) is 0 Å². The Morgan fingerprint density at radius 3 is 2.94 bits per heavy atom. The van der Waals surface area contributed by atoms with Crippen molar-refractivity contribution in [2.75, 3.05) is 0 Å². The van der Waals surface area contributed by atoms with Crippen molar-refractivity contribution in [1.82, 2.24) is 15.1 Å². The lowest BCUT2D eigenvalue weighted by Gasteiger charge is -2.08. The second-order valence-corrected chi connectivity index (χ2v) is 4.72. The third-order valence-corrected chi connectivity index (χ3v) is 3.00. The summed E-state index contributed by atoms with van der Waals surface area (Å²) in [5, 5.41) is 8.49. The first kappa shape index (κ1) is 13.1. The second-order valence-electron chi connectivity index (χ2n) is 4.28. The standard InChI is InChI=1S/C14H18ClN3/c1-2-8-18-14(6-7-17-18)11-16-10-12-4-3-5-13(15)9-12/h3-7,9,16H,2,8,10-11H2,1H3. The number of aromatic nitrogens is 2. The Balaban J connectivity index is 1.86. The molecule has 0 spiro atoms. The van der Waals surface area contributed by atoms with Gasteiger partial charge in [0, 0.05) is 30.9 Å². The molecule has 2 rings (SSSR count). The molecule has 0 fully saturated rings. The summed E-state index contributed by atoms with van der Waals surface area (Å²) in [5.74, 6) is 0. The van der Waals surface area contributed by atoms with Crippen LogP contribution in [0.4, 0.5) is 0 Å². The van der Waals surface area contributed by atoms with Crippen molar-refractivity contribution >= 4 is 11.6 Å². The fourth-order valence-corrected chi connectivity index (χ4v) is 2.12. The van der Waals surface area contributed by atoms with Gasteiger partial charge < -0.3 is 5.32 Å². The van der Waals surface area contributed by atoms with Crippen molar-refractivity contribution in [2.24, 2.45) is 0 Å². The molecule has 0 bridgehead atoms. The zero-order valence-electron chi connectivity index (χ0n) is 10.6. The molecule has 0 saturated heterocycles. The number of rotatable bonds is 6. The summed E-state index contributed by atoms with van der Waals surface area (Å²) >= 11 is 5.95. The first-order valence-corrected chi connectivity index (χ1v) is 6.63. The van der Waals surface area contributed by atoms with Crippen LogP contribution in [-0.4, -0.2) is 9.78 Å². The first-order chi connectivity index (χ1) is 8.79. The molecule has 0 saturated carbocycles. The van der Waals surface area contributed by atoms with E-state index in [1.165, 1.54) is 11.3 Å². The number of hydrogen-bond acceptors (Lipinski definition) is 2. The van der Waals surface area contributed by atoms with Gasteiger partial charge in [0.1, 0.15) is 0 Å². The van der Waals surface area contributed by atoms with Crippen LogP contribution in [0.3, 0.4) is 0 Å². The molecule has 1 N–H and O–H groups in total. The van der Waals surface area contributed by atoms with E-state index in [4.69, 9.17) is 11.6 Å². The van der Waals surface area contributed by atoms with Gasteiger partial charge in [0.05, 0.1) is 5.69 Å². The van der Waals surface area contributed by atoms with Gasteiger partial charge in [0.25, 0.3) is 0 Å². The highest BCUT2D eigenvalue weighted by atomic mass is 35.5. The lowest BCUT2D eigenvalue weighted by atomic mass is 10.2. The van der Waals surface area contributed by atoms with Gasteiger partial charge in [0.2, 0.25) is 0 Å². The Labute approximate surface area is 113 Å². The van der Waals surface area contributed by atoms with Crippen LogP contribution in [0.15, 0.2) is 36.5 Å². The highest BCUT2D eigenvalue weighted by Gasteiger charge is 2.01. The zero-order valence-corrected chi connectivity index (χ0v) is 11.3. The highest BCUT2D eigenvalue weighted by molar-refractivity contribution is 6.30. The number of benzene rings is 1. The Morgan fingerprint density at radius 1 is 1.28 bits per heavy atom. The van der Waals surface area contributed by atoms with E-state index in [1.807, 2.05) is 29.1 Å². The molecule has 0 atom stereocenters. The fourth-order valence-electron chi connectivity index (χ4n) is 1.91. The molecule has 4 heteroatoms. The lowest BCUT2D eigenvalue weighted by molar-refractivity contribution is 0.549. The van der Waals surface area contributed by atoms with E-state index in [0.717, 1.165) is 31.1 Å². The smallest absolute Gasteiger partial charge is 0.0522 e. The number of aryl methyl sites for hydroxylation is 1. The van der Waals surface area contributed by atoms with Crippen LogP contribution in [0.1, 0.15) is 24.6 Å². The summed E-state index contributed by atoms with van der Waals surface area (Å²) in [6.07, 6.45) is 2.95. The molecule has 0 amide bonds. The minimum absolute atomic E-state index is 0.783. The number of nitrogens with zero attached hydrogens (tertiary/aromatic N) is 2. The van der Waals surface area contributed by atoms with Crippen LogP contribution in [0, 0.1) is 0 Å². The molecule has 0 unspecified atom stereocenters. The maximum Gasteiger partial charge on any atom is 0.0522 e. The third kappa shape index (κ3) is 3.59. The third-order valence-electron chi connectivity index (χ3n) is 2.76. The Hall–Kier alpha value is -1.32. The predicted molar refractivity (Wildman–Crippen MR) is 74.5 cm³/mol. The molecule has 1 aromatic carbocycles. The van der Waals surface area contributed by atoms with E-state index in [9.17, 15) is 0 Å². The quantitative estimate of drug-likeness (QED) is 0.867. The van der Waals surface area contributed by atoms with E-state index in [1.54, 1.807) is 0 Å². The van der Waals surface area contributed by atoms with Crippen LogP contribution in [0.25, 0.3) is 0 Å². The van der Waals surface area contributed by atoms with Gasteiger partial charge in [-0.15, -0.1) is 0 Å². The van der Waals surface area contributed by atoms with Crippen LogP contribution in [-0.2, 0) is 19.6 Å². The van der Waals surface area contributed by atoms with E-state index in [2.05, 4.69) is 29.5 Å². The van der Waals surface area contributed by atoms with Crippen LogP contribution in [0.2, 0.25) is 5.02 Å². The van der Waals surface area contributed by atoms with Gasteiger partial charge in [-0.25, -0.2) is 0 Å². The minimum Gasteiger partial charge on any atom is -0.307 e. The summed E-state index contributed by atoms with van der Waals surface area (Å²) in [6.45, 7) is 4.77. The molecule has 0 aliphatic carbocycles. The van der Waals surface area contributed by atoms with Crippen molar-refractivity contribution in [3.8, 4) is 0 Å². The monoisotopic (exact) mass is 263 g/mol. The largest absolute Gasteiger partial charge is 0.307 e. The van der Waals surface area contributed by atoms with Crippen LogP contribution < -0.4 is 5.32 Å². The van der Waals surface area contributed by atoms with Gasteiger partial charge in [-0.2, -0.15) is 5.10 Å². The molecular weight excluding hydrogens is 246 g/mol. The van der Waals surface area contributed by atoms with Gasteiger partial charge >= 0.3 is 0 Å². The topological polar surface area (TPSA) is 29.9 Å². The molecule has 18 heavy (non-hydrogen) atoms. The van der Waals surface area contributed by atoms with Crippen LogP contribution >= 0.6 is 11.6 Å². The normalized spacial score (nSPS) is 10.8. The van der Waals surface area contributed by atoms with Crippen molar-refractivity contribution < 1.29 is 0 Å². The molecule has 3 nitrogen and oxygen atoms in total. The first-order valence-electron chi connectivity index (χ1n) is 6.25. The van der Waals surface area contributed by atoms with Crippen molar-refractivity contribution in [2.45, 2.75) is 33.0 Å². The fraction of sp³-hybridized carbons (Fsp3) is 0.357. The molecule has 0 aliphatic heterocycles. The van der Waals surface area contributed by atoms with E-state index in [-0.39, 0.29) is 0 Å². The van der Waals surface area contributed by atoms with Gasteiger partial charge in [-0.05, 0) is 30.2 Å². The molecule has 2 aromatic rings. The Morgan fingerprint density at radius 2 is 2.17 bits per heavy atom. The number of nitrogens with one attached hydrogen (secondary N) is 1. The number of halogens is 1. The predicted octanol–water partition coefficient (Wildman–Crippen LogP) is 3.24. The molecule has 1 heterocycles. The minimum atomic E-state index is 0.783. The summed E-state index contributed by atoms with van der Waals surface area (Å²) in [6, 6.07) is 9.98. The Kier molecular flexibility index (Phi) is 4.79. The Bertz CT molecular complexity index is 493. The second kappa shape index (κ2) is 6.57. The van der Waals surface area contributed by atoms with Crippen molar-refractivity contribution in [1.29, 1.82) is 0 Å². The summed E-state index contributed by atoms with van der Waals surface area (Å²) < 4.78 is 2.05. The lowest BCUT2D eigenvalue weighted by Crippen LogP contribution is -2.16. The average Bonchev–Trinajstić information content (AvgIpc) is 2.78. The summed E-state index contributed by atoms with van der Waals surface area (Å²) in [7, 11) is 0. The number of hydrogen-bond donors (Lipinski definition) is 1. The molecule has 1 aromatic heterocycles. The van der Waals surface area contributed by atoms with E-state index in [0.29, 0.717) is 0 Å². The van der Waals surface area contributed by atoms with Crippen molar-refractivity contribution in [3.05, 3.63) is 52.8 Å². The van der Waals surface area contributed by atoms with Gasteiger partial charge in [-0.3, -0.25) is 4.68 Å².